The molecule has 0 heterocycles. The first-order valence-corrected chi connectivity index (χ1v) is 5.04. The van der Waals surface area contributed by atoms with Gasteiger partial charge >= 0.3 is 5.97 Å². The van der Waals surface area contributed by atoms with Gasteiger partial charge in [-0.05, 0) is 34.1 Å². The van der Waals surface area contributed by atoms with Crippen molar-refractivity contribution < 1.29 is 9.90 Å². The van der Waals surface area contributed by atoms with Gasteiger partial charge in [-0.3, -0.25) is 5.43 Å². The molecule has 1 aromatic rings. The normalized spacial score (nSPS) is 8.65. The van der Waals surface area contributed by atoms with Crippen LogP contribution in [0.25, 0.3) is 0 Å². The fourth-order valence-electron chi connectivity index (χ4n) is 0.935. The molecule has 84 valence electrons. The van der Waals surface area contributed by atoms with Crippen LogP contribution in [0.2, 0.25) is 0 Å². The standard InChI is InChI=1S/C10H5BrN4O2/c11-8-2-1-6(10(16)17)3-9(8)15-14-7(4-12)5-13/h1-3,15H,(H,16,17). The Morgan fingerprint density at radius 2 is 2.06 bits per heavy atom. The lowest BCUT2D eigenvalue weighted by atomic mass is 10.2. The SMILES string of the molecule is N#CC(C#N)=NNc1cc(C(=O)O)ccc1Br. The number of nitrogens with one attached hydrogen (secondary N) is 1. The third kappa shape index (κ3) is 3.30. The minimum atomic E-state index is -1.08. The molecule has 0 aliphatic rings. The van der Waals surface area contributed by atoms with E-state index in [0.29, 0.717) is 10.2 Å². The first-order chi connectivity index (χ1) is 8.08. The zero-order chi connectivity index (χ0) is 12.8. The topological polar surface area (TPSA) is 109 Å². The molecular formula is C10H5BrN4O2. The summed E-state index contributed by atoms with van der Waals surface area (Å²) < 4.78 is 0.571. The third-order valence-electron chi connectivity index (χ3n) is 1.71. The van der Waals surface area contributed by atoms with E-state index in [4.69, 9.17) is 15.6 Å². The second-order valence-corrected chi connectivity index (χ2v) is 3.65. The summed E-state index contributed by atoms with van der Waals surface area (Å²) in [5, 5.41) is 29.2. The molecule has 0 spiro atoms. The molecule has 0 saturated heterocycles. The van der Waals surface area contributed by atoms with Gasteiger partial charge in [0.2, 0.25) is 5.71 Å². The van der Waals surface area contributed by atoms with Crippen LogP contribution >= 0.6 is 15.9 Å². The van der Waals surface area contributed by atoms with Crippen molar-refractivity contribution in [1.82, 2.24) is 0 Å². The van der Waals surface area contributed by atoms with Gasteiger partial charge < -0.3 is 5.11 Å². The minimum absolute atomic E-state index is 0.0707. The van der Waals surface area contributed by atoms with Crippen LogP contribution in [-0.2, 0) is 0 Å². The van der Waals surface area contributed by atoms with E-state index in [2.05, 4.69) is 26.5 Å². The number of rotatable bonds is 3. The zero-order valence-corrected chi connectivity index (χ0v) is 9.89. The smallest absolute Gasteiger partial charge is 0.335 e. The van der Waals surface area contributed by atoms with Crippen molar-refractivity contribution in [1.29, 1.82) is 10.5 Å². The van der Waals surface area contributed by atoms with Crippen LogP contribution in [0.3, 0.4) is 0 Å². The van der Waals surface area contributed by atoms with Crippen LogP contribution < -0.4 is 5.43 Å². The van der Waals surface area contributed by atoms with E-state index in [1.54, 1.807) is 12.1 Å². The number of carboxylic acids is 1. The Labute approximate surface area is 105 Å². The quantitative estimate of drug-likeness (QED) is 0.654. The first-order valence-electron chi connectivity index (χ1n) is 4.25. The number of carboxylic acid groups (broad SMARTS) is 1. The molecular weight excluding hydrogens is 288 g/mol. The van der Waals surface area contributed by atoms with Crippen LogP contribution in [0.5, 0.6) is 0 Å². The Bertz CT molecular complexity index is 553. The summed E-state index contributed by atoms with van der Waals surface area (Å²) in [5.74, 6) is -1.08. The minimum Gasteiger partial charge on any atom is -0.478 e. The highest BCUT2D eigenvalue weighted by Crippen LogP contribution is 2.23. The van der Waals surface area contributed by atoms with Gasteiger partial charge in [0.15, 0.2) is 0 Å². The molecule has 0 fully saturated rings. The maximum absolute atomic E-state index is 10.7. The number of hydrazone groups is 1. The van der Waals surface area contributed by atoms with E-state index in [-0.39, 0.29) is 11.3 Å². The highest BCUT2D eigenvalue weighted by molar-refractivity contribution is 9.10. The number of carbonyl (C=O) groups is 1. The van der Waals surface area contributed by atoms with E-state index in [1.165, 1.54) is 18.2 Å². The number of nitriles is 2. The number of nitrogens with zero attached hydrogens (tertiary/aromatic N) is 3. The lowest BCUT2D eigenvalue weighted by Crippen LogP contribution is -2.00. The van der Waals surface area contributed by atoms with Gasteiger partial charge in [-0.2, -0.15) is 15.6 Å². The molecule has 1 aromatic carbocycles. The maximum atomic E-state index is 10.7. The van der Waals surface area contributed by atoms with E-state index < -0.39 is 5.97 Å². The molecule has 2 N–H and O–H groups in total. The van der Waals surface area contributed by atoms with Gasteiger partial charge in [-0.1, -0.05) is 0 Å². The van der Waals surface area contributed by atoms with Crippen LogP contribution in [-0.4, -0.2) is 16.8 Å². The number of aromatic carboxylic acids is 1. The van der Waals surface area contributed by atoms with Crippen molar-refractivity contribution in [2.75, 3.05) is 5.43 Å². The van der Waals surface area contributed by atoms with Crippen molar-refractivity contribution in [3.05, 3.63) is 28.2 Å². The van der Waals surface area contributed by atoms with Gasteiger partial charge in [0, 0.05) is 4.47 Å². The molecule has 17 heavy (non-hydrogen) atoms. The van der Waals surface area contributed by atoms with Crippen LogP contribution in [0.4, 0.5) is 5.69 Å². The van der Waals surface area contributed by atoms with E-state index in [9.17, 15) is 4.79 Å². The summed E-state index contributed by atoms with van der Waals surface area (Å²) >= 11 is 3.18. The van der Waals surface area contributed by atoms with Crippen LogP contribution in [0, 0.1) is 22.7 Å². The molecule has 0 aromatic heterocycles. The molecule has 0 unspecified atom stereocenters. The number of hydrogen-bond acceptors (Lipinski definition) is 5. The summed E-state index contributed by atoms with van der Waals surface area (Å²) in [5.41, 5.74) is 2.52. The molecule has 0 radical (unpaired) electrons. The second-order valence-electron chi connectivity index (χ2n) is 2.80. The lowest BCUT2D eigenvalue weighted by Gasteiger charge is -2.04. The molecule has 0 aliphatic heterocycles. The maximum Gasteiger partial charge on any atom is 0.335 e. The molecule has 7 heteroatoms. The molecule has 0 bridgehead atoms. The summed E-state index contributed by atoms with van der Waals surface area (Å²) in [6.07, 6.45) is 0. The highest BCUT2D eigenvalue weighted by atomic mass is 79.9. The predicted molar refractivity (Wildman–Crippen MR) is 63.4 cm³/mol. The molecule has 6 nitrogen and oxygen atoms in total. The highest BCUT2D eigenvalue weighted by Gasteiger charge is 2.06. The Morgan fingerprint density at radius 3 is 2.59 bits per heavy atom. The molecule has 0 aliphatic carbocycles. The predicted octanol–water partition coefficient (Wildman–Crippen LogP) is 1.96. The molecule has 0 atom stereocenters. The summed E-state index contributed by atoms with van der Waals surface area (Å²) in [4.78, 5) is 10.7. The molecule has 0 amide bonds. The lowest BCUT2D eigenvalue weighted by molar-refractivity contribution is 0.0697. The Kier molecular flexibility index (Phi) is 4.21. The average Bonchev–Trinajstić information content (AvgIpc) is 2.32. The average molecular weight is 293 g/mol. The van der Waals surface area contributed by atoms with E-state index in [0.717, 1.165) is 0 Å². The first kappa shape index (κ1) is 12.7. The van der Waals surface area contributed by atoms with Crippen LogP contribution in [0.15, 0.2) is 27.8 Å². The monoisotopic (exact) mass is 292 g/mol. The van der Waals surface area contributed by atoms with Gasteiger partial charge in [0.1, 0.15) is 12.1 Å². The summed E-state index contributed by atoms with van der Waals surface area (Å²) in [6.45, 7) is 0. The van der Waals surface area contributed by atoms with Gasteiger partial charge in [-0.15, -0.1) is 0 Å². The van der Waals surface area contributed by atoms with Crippen molar-refractivity contribution in [3.8, 4) is 12.1 Å². The largest absolute Gasteiger partial charge is 0.478 e. The number of anilines is 1. The fourth-order valence-corrected chi connectivity index (χ4v) is 1.27. The zero-order valence-electron chi connectivity index (χ0n) is 8.31. The van der Waals surface area contributed by atoms with Crippen molar-refractivity contribution in [2.45, 2.75) is 0 Å². The molecule has 1 rings (SSSR count). The van der Waals surface area contributed by atoms with Crippen molar-refractivity contribution >= 4 is 33.3 Å². The van der Waals surface area contributed by atoms with Gasteiger partial charge in [0.05, 0.1) is 11.3 Å². The Balaban J connectivity index is 3.04. The summed E-state index contributed by atoms with van der Waals surface area (Å²) in [7, 11) is 0. The van der Waals surface area contributed by atoms with Gasteiger partial charge in [0.25, 0.3) is 0 Å². The van der Waals surface area contributed by atoms with Crippen molar-refractivity contribution in [3.63, 3.8) is 0 Å². The summed E-state index contributed by atoms with van der Waals surface area (Å²) in [6, 6.07) is 7.42. The van der Waals surface area contributed by atoms with E-state index >= 15 is 0 Å². The number of hydrogen-bond donors (Lipinski definition) is 2. The van der Waals surface area contributed by atoms with E-state index in [1.807, 2.05) is 0 Å². The van der Waals surface area contributed by atoms with Crippen LogP contribution in [0.1, 0.15) is 10.4 Å². The van der Waals surface area contributed by atoms with Gasteiger partial charge in [-0.25, -0.2) is 4.79 Å². The van der Waals surface area contributed by atoms with Crippen molar-refractivity contribution in [2.24, 2.45) is 5.10 Å². The molecule has 0 saturated carbocycles. The Hall–Kier alpha value is -2.38. The Morgan fingerprint density at radius 1 is 1.41 bits per heavy atom. The number of benzene rings is 1. The third-order valence-corrected chi connectivity index (χ3v) is 2.40. The number of halogens is 1. The second kappa shape index (κ2) is 5.64. The fraction of sp³-hybridized carbons (Fsp3) is 0.